The van der Waals surface area contributed by atoms with E-state index in [1.54, 1.807) is 24.3 Å². The number of hydrogen-bond acceptors (Lipinski definition) is 5. The maximum absolute atomic E-state index is 13.2. The van der Waals surface area contributed by atoms with Gasteiger partial charge in [-0.25, -0.2) is 17.5 Å². The fourth-order valence-electron chi connectivity index (χ4n) is 4.17. The summed E-state index contributed by atoms with van der Waals surface area (Å²) >= 11 is 6.49. The number of fused-ring (bicyclic) bond motifs is 1. The first kappa shape index (κ1) is 35.4. The average Bonchev–Trinajstić information content (AvgIpc) is 2.84. The molecule has 0 atom stereocenters. The minimum absolute atomic E-state index is 0. The molecule has 0 aliphatic heterocycles. The van der Waals surface area contributed by atoms with E-state index in [-0.39, 0.29) is 103 Å². The Morgan fingerprint density at radius 3 is 2.15 bits per heavy atom. The van der Waals surface area contributed by atoms with Crippen molar-refractivity contribution in [3.63, 3.8) is 0 Å². The number of alkyl halides is 3. The van der Waals surface area contributed by atoms with Crippen LogP contribution < -0.4 is 9.04 Å². The van der Waals surface area contributed by atoms with Crippen LogP contribution in [0.15, 0.2) is 66.9 Å². The molecule has 0 saturated heterocycles. The molecule has 0 unspecified atom stereocenters. The quantitative estimate of drug-likeness (QED) is 0.207. The van der Waals surface area contributed by atoms with Gasteiger partial charge >= 0.3 is 71.4 Å². The molecule has 0 spiro atoms. The van der Waals surface area contributed by atoms with E-state index in [0.717, 1.165) is 22.0 Å². The number of rotatable bonds is 6. The number of nitrogens with zero attached hydrogens (tertiary/aromatic N) is 2. The van der Waals surface area contributed by atoms with Crippen molar-refractivity contribution < 1.29 is 36.2 Å². The number of pyridine rings is 1. The summed E-state index contributed by atoms with van der Waals surface area (Å²) in [6, 6.07) is 14.3. The first-order valence-corrected chi connectivity index (χ1v) is 12.9. The Labute approximate surface area is 285 Å². The van der Waals surface area contributed by atoms with E-state index in [9.17, 15) is 31.5 Å². The Morgan fingerprint density at radius 1 is 0.976 bits per heavy atom. The van der Waals surface area contributed by atoms with Crippen molar-refractivity contribution in [2.24, 2.45) is 0 Å². The zero-order valence-corrected chi connectivity index (χ0v) is 22.4. The molecule has 1 heterocycles. The minimum atomic E-state index is -5.08. The first-order chi connectivity index (χ1) is 18.2. The summed E-state index contributed by atoms with van der Waals surface area (Å²) in [6.45, 7) is 5.97. The van der Waals surface area contributed by atoms with Gasteiger partial charge in [0.25, 0.3) is 0 Å². The summed E-state index contributed by atoms with van der Waals surface area (Å²) in [5.41, 5.74) is 0.787. The molecular weight excluding hydrogens is 603 g/mol. The summed E-state index contributed by atoms with van der Waals surface area (Å²) in [6.07, 6.45) is -3.72. The van der Waals surface area contributed by atoms with Gasteiger partial charge in [-0.15, -0.1) is 13.2 Å². The third kappa shape index (κ3) is 7.77. The number of hydrogen-bond donors (Lipinski definition) is 2. The van der Waals surface area contributed by atoms with Crippen molar-refractivity contribution >= 4 is 110 Å². The fourth-order valence-corrected chi connectivity index (χ4v) is 5.13. The molecule has 41 heavy (non-hydrogen) atoms. The zero-order valence-electron chi connectivity index (χ0n) is 20.8. The van der Waals surface area contributed by atoms with E-state index in [4.69, 9.17) is 11.6 Å². The van der Waals surface area contributed by atoms with Gasteiger partial charge in [-0.1, -0.05) is 56.6 Å². The average molecular weight is 627 g/mol. The normalized spacial score (nSPS) is 11.5. The van der Waals surface area contributed by atoms with Gasteiger partial charge in [0.1, 0.15) is 5.75 Å². The Kier molecular flexibility index (Phi) is 11.8. The van der Waals surface area contributed by atoms with E-state index in [0.29, 0.717) is 0 Å². The molecule has 14 heteroatoms. The number of anilines is 2. The Balaban J connectivity index is 0.00000294. The molecule has 0 amide bonds. The zero-order chi connectivity index (χ0) is 28.7. The molecule has 0 bridgehead atoms. The third-order valence-corrected chi connectivity index (χ3v) is 7.10. The molecule has 1 N–H and O–H groups in total. The van der Waals surface area contributed by atoms with Gasteiger partial charge in [0.15, 0.2) is 0 Å². The second-order valence-electron chi connectivity index (χ2n) is 9.53. The van der Waals surface area contributed by atoms with E-state index in [2.05, 4.69) is 9.72 Å². The topological polar surface area (TPSA) is 96.8 Å². The Morgan fingerprint density at radius 2 is 1.61 bits per heavy atom. The fraction of sp³-hybridized carbons (Fsp3) is 0.185. The first-order valence-electron chi connectivity index (χ1n) is 11.4. The molecule has 0 aliphatic carbocycles. The summed E-state index contributed by atoms with van der Waals surface area (Å²) in [5.74, 6) is -2.03. The molecule has 7 nitrogen and oxygen atoms in total. The number of ether oxygens (including phenoxy) is 1. The van der Waals surface area contributed by atoms with Crippen LogP contribution in [0.25, 0.3) is 22.0 Å². The van der Waals surface area contributed by atoms with E-state index < -0.39 is 34.0 Å². The van der Waals surface area contributed by atoms with Gasteiger partial charge in [0, 0.05) is 17.1 Å². The maximum atomic E-state index is 13.2. The second-order valence-corrected chi connectivity index (χ2v) is 10.8. The van der Waals surface area contributed by atoms with E-state index >= 15 is 0 Å². The number of carbonyl (C=O) groups is 1. The summed E-state index contributed by atoms with van der Waals surface area (Å²) in [5, 5.41) is 9.32. The van der Waals surface area contributed by atoms with Crippen LogP contribution in [-0.4, -0.2) is 90.0 Å². The van der Waals surface area contributed by atoms with Gasteiger partial charge < -0.3 is 9.84 Å². The summed E-state index contributed by atoms with van der Waals surface area (Å²) in [4.78, 5) is 15.9. The molecule has 0 aliphatic rings. The van der Waals surface area contributed by atoms with Crippen molar-refractivity contribution in [3.05, 3.63) is 83.0 Å². The van der Waals surface area contributed by atoms with Crippen LogP contribution in [0.4, 0.5) is 24.5 Å². The van der Waals surface area contributed by atoms with Crippen LogP contribution in [0, 0.1) is 0 Å². The number of aromatic nitrogens is 1. The van der Waals surface area contributed by atoms with Crippen LogP contribution in [0.2, 0.25) is 5.02 Å². The van der Waals surface area contributed by atoms with Gasteiger partial charge in [0.2, 0.25) is 10.9 Å². The number of benzene rings is 3. The van der Waals surface area contributed by atoms with Crippen molar-refractivity contribution in [1.82, 2.24) is 4.98 Å². The van der Waals surface area contributed by atoms with E-state index in [1.807, 2.05) is 20.8 Å². The number of carboxylic acids is 1. The van der Waals surface area contributed by atoms with Crippen LogP contribution in [0.5, 0.6) is 5.75 Å². The molecule has 4 rings (SSSR count). The number of halogens is 4. The summed E-state index contributed by atoms with van der Waals surface area (Å²) in [7, 11) is -3.37. The number of carboxylic acid groups (broad SMARTS) is 1. The van der Waals surface area contributed by atoms with Crippen LogP contribution in [0.1, 0.15) is 36.7 Å². The summed E-state index contributed by atoms with van der Waals surface area (Å²) < 4.78 is 69.8. The number of thiol groups is 1. The van der Waals surface area contributed by atoms with Gasteiger partial charge in [-0.05, 0) is 52.9 Å². The SMILES string of the molecule is CC(C)(C)c1ccc(N(c2ccc(OC(F)(F)F)c(Cl)c2-c2ccc(C(=O)O)c3ncccc23)[SH](=O)=O)cc1.[NaH].[NaH]. The molecule has 1 aromatic heterocycles. The van der Waals surface area contributed by atoms with Crippen LogP contribution in [-0.2, 0) is 16.3 Å². The van der Waals surface area contributed by atoms with E-state index in [1.165, 1.54) is 30.5 Å². The molecule has 0 fully saturated rings. The Hall–Kier alpha value is -1.83. The molecule has 0 radical (unpaired) electrons. The van der Waals surface area contributed by atoms with Crippen molar-refractivity contribution in [1.29, 1.82) is 0 Å². The van der Waals surface area contributed by atoms with Gasteiger partial charge in [-0.2, -0.15) is 0 Å². The molecule has 3 aromatic carbocycles. The standard InChI is InChI=1S/C27H22ClF3N2O5S.2Na.2H/c1-26(2,3)15-6-8-16(9-7-15)33(39(36)37)20-12-13-21(38-27(29,30)31)23(28)22(20)17-10-11-19(25(34)35)24-18(17)5-4-14-32-24;;;;/h4-14,39H,1-3H3,(H,34,35);;;;. The van der Waals surface area contributed by atoms with Crippen LogP contribution >= 0.6 is 11.6 Å². The number of aromatic carboxylic acids is 1. The van der Waals surface area contributed by atoms with Crippen molar-refractivity contribution in [2.75, 3.05) is 4.31 Å². The van der Waals surface area contributed by atoms with Crippen LogP contribution in [0.3, 0.4) is 0 Å². The molecular formula is C27H24ClF3N2Na2O5S. The van der Waals surface area contributed by atoms with Gasteiger partial charge in [-0.3, -0.25) is 4.98 Å². The second kappa shape index (κ2) is 13.6. The predicted molar refractivity (Wildman–Crippen MR) is 158 cm³/mol. The predicted octanol–water partition coefficient (Wildman–Crippen LogP) is 5.82. The monoisotopic (exact) mass is 626 g/mol. The van der Waals surface area contributed by atoms with Crippen molar-refractivity contribution in [3.8, 4) is 16.9 Å². The third-order valence-electron chi connectivity index (χ3n) is 5.95. The molecule has 208 valence electrons. The van der Waals surface area contributed by atoms with Gasteiger partial charge in [0.05, 0.1) is 27.5 Å². The Bertz CT molecular complexity index is 1650. The molecule has 0 saturated carbocycles. The van der Waals surface area contributed by atoms with Crippen molar-refractivity contribution in [2.45, 2.75) is 32.5 Å². The molecule has 4 aromatic rings.